The number of hydrogen-bond acceptors (Lipinski definition) is 5. The fraction of sp³-hybridized carbons (Fsp3) is 0.143. The van der Waals surface area contributed by atoms with Crippen molar-refractivity contribution in [2.45, 2.75) is 6.92 Å². The zero-order chi connectivity index (χ0) is 21.2. The van der Waals surface area contributed by atoms with E-state index in [0.717, 1.165) is 11.4 Å². The van der Waals surface area contributed by atoms with Crippen LogP contribution in [0.1, 0.15) is 5.56 Å². The lowest BCUT2D eigenvalue weighted by Gasteiger charge is -2.36. The van der Waals surface area contributed by atoms with E-state index in [1.807, 2.05) is 0 Å². The SMILES string of the molecule is Cc1c(N(C)C)ccc2c1N(c1ccccc1)c1ccccc1N2.O=S(=O)(O)O. The smallest absolute Gasteiger partial charge is 0.377 e. The quantitative estimate of drug-likeness (QED) is 0.401. The van der Waals surface area contributed by atoms with Crippen LogP contribution in [0.4, 0.5) is 34.1 Å². The summed E-state index contributed by atoms with van der Waals surface area (Å²) < 4.78 is 31.6. The molecule has 0 bridgehead atoms. The number of rotatable bonds is 2. The largest absolute Gasteiger partial charge is 0.394 e. The van der Waals surface area contributed by atoms with Gasteiger partial charge in [0.2, 0.25) is 0 Å². The van der Waals surface area contributed by atoms with Crippen molar-refractivity contribution in [2.24, 2.45) is 0 Å². The minimum atomic E-state index is -4.67. The highest BCUT2D eigenvalue weighted by molar-refractivity contribution is 7.79. The topological polar surface area (TPSA) is 93.1 Å². The Morgan fingerprint density at radius 1 is 0.862 bits per heavy atom. The number of anilines is 6. The van der Waals surface area contributed by atoms with Crippen LogP contribution in [0.3, 0.4) is 0 Å². The van der Waals surface area contributed by atoms with Crippen LogP contribution < -0.4 is 15.1 Å². The molecule has 0 unspecified atom stereocenters. The molecule has 0 fully saturated rings. The van der Waals surface area contributed by atoms with Crippen LogP contribution in [0.2, 0.25) is 0 Å². The molecule has 1 heterocycles. The molecule has 152 valence electrons. The van der Waals surface area contributed by atoms with Gasteiger partial charge in [-0.25, -0.2) is 0 Å². The van der Waals surface area contributed by atoms with Gasteiger partial charge in [0.05, 0.1) is 22.7 Å². The molecule has 0 radical (unpaired) electrons. The van der Waals surface area contributed by atoms with Gasteiger partial charge in [0.15, 0.2) is 0 Å². The van der Waals surface area contributed by atoms with Gasteiger partial charge < -0.3 is 15.1 Å². The van der Waals surface area contributed by atoms with Crippen LogP contribution in [0, 0.1) is 6.92 Å². The maximum atomic E-state index is 8.74. The van der Waals surface area contributed by atoms with E-state index in [1.54, 1.807) is 0 Å². The van der Waals surface area contributed by atoms with Gasteiger partial charge in [-0.2, -0.15) is 8.42 Å². The lowest BCUT2D eigenvalue weighted by molar-refractivity contribution is 0.381. The van der Waals surface area contributed by atoms with Crippen molar-refractivity contribution >= 4 is 44.5 Å². The predicted octanol–water partition coefficient (Wildman–Crippen LogP) is 4.94. The van der Waals surface area contributed by atoms with E-state index in [2.05, 4.69) is 103 Å². The minimum absolute atomic E-state index is 1.13. The third-order valence-electron chi connectivity index (χ3n) is 4.54. The molecule has 7 nitrogen and oxygen atoms in total. The highest BCUT2D eigenvalue weighted by atomic mass is 32.3. The van der Waals surface area contributed by atoms with Gasteiger partial charge in [0.1, 0.15) is 0 Å². The molecule has 3 N–H and O–H groups in total. The number of para-hydroxylation sites is 3. The first-order valence-corrected chi connectivity index (χ1v) is 10.3. The average molecular weight is 413 g/mol. The van der Waals surface area contributed by atoms with Crippen LogP contribution >= 0.6 is 0 Å². The van der Waals surface area contributed by atoms with Gasteiger partial charge in [-0.1, -0.05) is 30.3 Å². The molecule has 0 aliphatic carbocycles. The molecule has 1 aliphatic rings. The summed E-state index contributed by atoms with van der Waals surface area (Å²) in [5.74, 6) is 0. The molecule has 4 rings (SSSR count). The van der Waals surface area contributed by atoms with Crippen LogP contribution in [-0.2, 0) is 10.4 Å². The molecule has 1 aliphatic heterocycles. The van der Waals surface area contributed by atoms with E-state index in [0.29, 0.717) is 0 Å². The maximum Gasteiger partial charge on any atom is 0.394 e. The van der Waals surface area contributed by atoms with Crippen molar-refractivity contribution in [3.63, 3.8) is 0 Å². The fourth-order valence-electron chi connectivity index (χ4n) is 3.45. The molecule has 29 heavy (non-hydrogen) atoms. The van der Waals surface area contributed by atoms with E-state index in [4.69, 9.17) is 17.5 Å². The summed E-state index contributed by atoms with van der Waals surface area (Å²) in [5.41, 5.74) is 8.33. The van der Waals surface area contributed by atoms with E-state index in [1.165, 1.54) is 28.3 Å². The first kappa shape index (κ1) is 20.7. The van der Waals surface area contributed by atoms with E-state index >= 15 is 0 Å². The number of nitrogens with zero attached hydrogens (tertiary/aromatic N) is 2. The van der Waals surface area contributed by atoms with Gasteiger partial charge >= 0.3 is 10.4 Å². The zero-order valence-corrected chi connectivity index (χ0v) is 17.2. The summed E-state index contributed by atoms with van der Waals surface area (Å²) in [7, 11) is -0.489. The molecular formula is C21H23N3O4S. The van der Waals surface area contributed by atoms with Crippen LogP contribution in [0.15, 0.2) is 66.7 Å². The molecule has 8 heteroatoms. The second kappa shape index (κ2) is 8.12. The summed E-state index contributed by atoms with van der Waals surface area (Å²) in [6.45, 7) is 2.19. The van der Waals surface area contributed by atoms with Gasteiger partial charge in [-0.3, -0.25) is 9.11 Å². The van der Waals surface area contributed by atoms with Crippen LogP contribution in [0.5, 0.6) is 0 Å². The summed E-state index contributed by atoms with van der Waals surface area (Å²) >= 11 is 0. The van der Waals surface area contributed by atoms with Crippen molar-refractivity contribution < 1.29 is 17.5 Å². The zero-order valence-electron chi connectivity index (χ0n) is 16.4. The highest BCUT2D eigenvalue weighted by Crippen LogP contribution is 2.50. The van der Waals surface area contributed by atoms with Gasteiger partial charge in [-0.15, -0.1) is 0 Å². The van der Waals surface area contributed by atoms with Gasteiger partial charge in [-0.05, 0) is 48.9 Å². The average Bonchev–Trinajstić information content (AvgIpc) is 2.65. The highest BCUT2D eigenvalue weighted by Gasteiger charge is 2.26. The van der Waals surface area contributed by atoms with Crippen molar-refractivity contribution in [3.8, 4) is 0 Å². The fourth-order valence-corrected chi connectivity index (χ4v) is 3.45. The predicted molar refractivity (Wildman–Crippen MR) is 118 cm³/mol. The van der Waals surface area contributed by atoms with E-state index in [9.17, 15) is 0 Å². The lowest BCUT2D eigenvalue weighted by atomic mass is 10.0. The van der Waals surface area contributed by atoms with Crippen molar-refractivity contribution in [1.82, 2.24) is 0 Å². The second-order valence-electron chi connectivity index (χ2n) is 6.76. The molecule has 0 amide bonds. The van der Waals surface area contributed by atoms with E-state index in [-0.39, 0.29) is 0 Å². The third-order valence-corrected chi connectivity index (χ3v) is 4.54. The third kappa shape index (κ3) is 4.68. The van der Waals surface area contributed by atoms with Crippen molar-refractivity contribution in [3.05, 3.63) is 72.3 Å². The normalized spacial score (nSPS) is 12.1. The summed E-state index contributed by atoms with van der Waals surface area (Å²) in [4.78, 5) is 4.52. The Balaban J connectivity index is 0.000000431. The Hall–Kier alpha value is -3.07. The molecule has 0 aromatic heterocycles. The number of benzene rings is 3. The summed E-state index contributed by atoms with van der Waals surface area (Å²) in [6.07, 6.45) is 0. The Labute approximate surface area is 170 Å². The molecule has 0 atom stereocenters. The molecular weight excluding hydrogens is 390 g/mol. The summed E-state index contributed by atoms with van der Waals surface area (Å²) in [5, 5.41) is 3.59. The first-order valence-electron chi connectivity index (χ1n) is 8.89. The molecule has 0 saturated heterocycles. The van der Waals surface area contributed by atoms with Crippen LogP contribution in [-0.4, -0.2) is 31.6 Å². The van der Waals surface area contributed by atoms with E-state index < -0.39 is 10.4 Å². The standard InChI is InChI=1S/C21H21N3.H2O4S/c1-15-19(23(2)3)14-13-18-21(15)24(16-9-5-4-6-10-16)20-12-8-7-11-17(20)22-18;1-5(2,3)4/h4-14,22H,1-3H3;(H2,1,2,3,4). The Kier molecular flexibility index (Phi) is 5.78. The number of hydrogen-bond donors (Lipinski definition) is 3. The molecule has 0 spiro atoms. The second-order valence-corrected chi connectivity index (χ2v) is 7.66. The minimum Gasteiger partial charge on any atom is -0.377 e. The maximum absolute atomic E-state index is 8.74. The van der Waals surface area contributed by atoms with Gasteiger partial charge in [0, 0.05) is 25.5 Å². The first-order chi connectivity index (χ1) is 13.7. The van der Waals surface area contributed by atoms with Crippen molar-refractivity contribution in [2.75, 3.05) is 29.2 Å². The Morgan fingerprint density at radius 2 is 1.45 bits per heavy atom. The van der Waals surface area contributed by atoms with Gasteiger partial charge in [0.25, 0.3) is 0 Å². The van der Waals surface area contributed by atoms with Crippen molar-refractivity contribution in [1.29, 1.82) is 0 Å². The Bertz CT molecular complexity index is 1110. The Morgan fingerprint density at radius 3 is 2.07 bits per heavy atom. The number of nitrogens with one attached hydrogen (secondary N) is 1. The molecule has 0 saturated carbocycles. The number of fused-ring (bicyclic) bond motifs is 2. The lowest BCUT2D eigenvalue weighted by Crippen LogP contribution is -2.20. The summed E-state index contributed by atoms with van der Waals surface area (Å²) in [6, 6.07) is 23.4. The molecule has 3 aromatic carbocycles. The monoisotopic (exact) mass is 413 g/mol. The molecule has 3 aromatic rings. The van der Waals surface area contributed by atoms with Crippen LogP contribution in [0.25, 0.3) is 0 Å².